The lowest BCUT2D eigenvalue weighted by Gasteiger charge is -2.16. The molecule has 1 fully saturated rings. The number of anilines is 1. The van der Waals surface area contributed by atoms with Gasteiger partial charge in [-0.15, -0.1) is 0 Å². The average Bonchev–Trinajstić information content (AvgIpc) is 3.49. The highest BCUT2D eigenvalue weighted by molar-refractivity contribution is 6.13. The lowest BCUT2D eigenvalue weighted by atomic mass is 10.0. The Morgan fingerprint density at radius 1 is 1.04 bits per heavy atom. The van der Waals surface area contributed by atoms with E-state index in [1.54, 1.807) is 24.3 Å². The quantitative estimate of drug-likeness (QED) is 0.600. The van der Waals surface area contributed by atoms with Crippen LogP contribution in [0.15, 0.2) is 36.4 Å². The molecule has 1 aliphatic carbocycles. The second-order valence-electron chi connectivity index (χ2n) is 6.25. The zero-order chi connectivity index (χ0) is 19.6. The molecule has 0 aromatic heterocycles. The third-order valence-electron chi connectivity index (χ3n) is 4.53. The first kappa shape index (κ1) is 18.8. The molecule has 27 heavy (non-hydrogen) atoms. The van der Waals surface area contributed by atoms with Gasteiger partial charge in [-0.3, -0.25) is 9.59 Å². The van der Waals surface area contributed by atoms with Gasteiger partial charge in [0, 0.05) is 12.1 Å². The summed E-state index contributed by atoms with van der Waals surface area (Å²) in [4.78, 5) is 24.9. The van der Waals surface area contributed by atoms with E-state index < -0.39 is 40.4 Å². The molecule has 1 saturated carbocycles. The molecule has 0 spiro atoms. The summed E-state index contributed by atoms with van der Waals surface area (Å²) in [6, 6.07) is 8.71. The number of halogens is 3. The maximum Gasteiger partial charge on any atom is 0.240 e. The van der Waals surface area contributed by atoms with Gasteiger partial charge in [-0.05, 0) is 31.0 Å². The normalized spacial score (nSPS) is 14.4. The Hall–Kier alpha value is -3.03. The van der Waals surface area contributed by atoms with Crippen LogP contribution in [0.25, 0.3) is 0 Å². The number of hydrogen-bond acceptors (Lipinski definition) is 3. The fourth-order valence-corrected chi connectivity index (χ4v) is 2.74. The first-order valence-electron chi connectivity index (χ1n) is 8.24. The van der Waals surface area contributed by atoms with Crippen molar-refractivity contribution in [1.29, 1.82) is 0 Å². The summed E-state index contributed by atoms with van der Waals surface area (Å²) in [5.74, 6) is -5.23. The number of rotatable bonds is 6. The van der Waals surface area contributed by atoms with Gasteiger partial charge in [0.25, 0.3) is 0 Å². The van der Waals surface area contributed by atoms with E-state index in [0.29, 0.717) is 11.8 Å². The molecule has 0 unspecified atom stereocenters. The molecule has 5 nitrogen and oxygen atoms in total. The number of para-hydroxylation sites is 1. The van der Waals surface area contributed by atoms with E-state index >= 15 is 0 Å². The summed E-state index contributed by atoms with van der Waals surface area (Å²) in [6.45, 7) is 0.150. The highest BCUT2D eigenvalue weighted by atomic mass is 19.2. The Balaban J connectivity index is 1.68. The van der Waals surface area contributed by atoms with E-state index in [1.807, 2.05) is 0 Å². The minimum absolute atomic E-state index is 0.150. The van der Waals surface area contributed by atoms with Crippen molar-refractivity contribution >= 4 is 17.5 Å². The third kappa shape index (κ3) is 3.60. The molecule has 0 aliphatic heterocycles. The molecule has 142 valence electrons. The maximum atomic E-state index is 13.7. The lowest BCUT2D eigenvalue weighted by Crippen LogP contribution is -2.39. The first-order chi connectivity index (χ1) is 12.9. The second kappa shape index (κ2) is 7.30. The first-order valence-corrected chi connectivity index (χ1v) is 8.24. The smallest absolute Gasteiger partial charge is 0.240 e. The zero-order valence-electron chi connectivity index (χ0n) is 14.4. The topological polar surface area (TPSA) is 67.4 Å². The van der Waals surface area contributed by atoms with Gasteiger partial charge in [0.05, 0.1) is 12.8 Å². The highest BCUT2D eigenvalue weighted by Crippen LogP contribution is 2.47. The minimum atomic E-state index is -1.68. The third-order valence-corrected chi connectivity index (χ3v) is 4.53. The SMILES string of the molecule is COc1ccccc1CNC(=O)C1(C(=O)Nc2ccc(F)c(F)c2F)CC1. The van der Waals surface area contributed by atoms with E-state index in [4.69, 9.17) is 4.74 Å². The van der Waals surface area contributed by atoms with Crippen LogP contribution in [-0.2, 0) is 16.1 Å². The van der Waals surface area contributed by atoms with Crippen molar-refractivity contribution in [2.75, 3.05) is 12.4 Å². The van der Waals surface area contributed by atoms with E-state index in [1.165, 1.54) is 7.11 Å². The number of benzene rings is 2. The second-order valence-corrected chi connectivity index (χ2v) is 6.25. The van der Waals surface area contributed by atoms with Gasteiger partial charge in [0.15, 0.2) is 17.5 Å². The maximum absolute atomic E-state index is 13.7. The Labute approximate surface area is 153 Å². The molecule has 2 amide bonds. The Kier molecular flexibility index (Phi) is 5.07. The molecule has 0 radical (unpaired) electrons. The van der Waals surface area contributed by atoms with Crippen LogP contribution in [0.3, 0.4) is 0 Å². The molecular weight excluding hydrogens is 361 g/mol. The standard InChI is InChI=1S/C19H17F3N2O3/c1-27-14-5-3-2-4-11(14)10-23-17(25)19(8-9-19)18(26)24-13-7-6-12(20)15(21)16(13)22/h2-7H,8-10H2,1H3,(H,23,25)(H,24,26). The van der Waals surface area contributed by atoms with Gasteiger partial charge in [-0.1, -0.05) is 18.2 Å². The van der Waals surface area contributed by atoms with E-state index in [0.717, 1.165) is 11.6 Å². The molecule has 8 heteroatoms. The largest absolute Gasteiger partial charge is 0.496 e. The Morgan fingerprint density at radius 2 is 1.74 bits per heavy atom. The fourth-order valence-electron chi connectivity index (χ4n) is 2.74. The molecule has 0 atom stereocenters. The molecule has 2 aromatic rings. The van der Waals surface area contributed by atoms with Crippen LogP contribution in [0.5, 0.6) is 5.75 Å². The molecule has 2 N–H and O–H groups in total. The average molecular weight is 378 g/mol. The number of amides is 2. The number of hydrogen-bond donors (Lipinski definition) is 2. The summed E-state index contributed by atoms with van der Waals surface area (Å²) in [5, 5.41) is 4.85. The molecular formula is C19H17F3N2O3. The van der Waals surface area contributed by atoms with Crippen LogP contribution in [0.1, 0.15) is 18.4 Å². The van der Waals surface area contributed by atoms with Gasteiger partial charge in [-0.25, -0.2) is 13.2 Å². The number of methoxy groups -OCH3 is 1. The van der Waals surface area contributed by atoms with Gasteiger partial charge in [0.1, 0.15) is 11.2 Å². The molecule has 1 aliphatic rings. The van der Waals surface area contributed by atoms with Crippen molar-refractivity contribution in [3.8, 4) is 5.75 Å². The molecule has 0 bridgehead atoms. The van der Waals surface area contributed by atoms with Crippen LogP contribution in [0, 0.1) is 22.9 Å². The van der Waals surface area contributed by atoms with Gasteiger partial charge < -0.3 is 15.4 Å². The summed E-state index contributed by atoms with van der Waals surface area (Å²) < 4.78 is 45.2. The fraction of sp³-hybridized carbons (Fsp3) is 0.263. The summed E-state index contributed by atoms with van der Waals surface area (Å²) in [7, 11) is 1.51. The van der Waals surface area contributed by atoms with Gasteiger partial charge in [0.2, 0.25) is 11.8 Å². The van der Waals surface area contributed by atoms with Crippen LogP contribution in [-0.4, -0.2) is 18.9 Å². The molecule has 0 saturated heterocycles. The monoisotopic (exact) mass is 378 g/mol. The predicted octanol–water partition coefficient (Wildman–Crippen LogP) is 3.15. The molecule has 2 aromatic carbocycles. The van der Waals surface area contributed by atoms with Gasteiger partial charge >= 0.3 is 0 Å². The number of ether oxygens (including phenoxy) is 1. The summed E-state index contributed by atoms with van der Waals surface area (Å²) in [6.07, 6.45) is 0.559. The number of nitrogens with one attached hydrogen (secondary N) is 2. The highest BCUT2D eigenvalue weighted by Gasteiger charge is 2.56. The van der Waals surface area contributed by atoms with Crippen LogP contribution in [0.2, 0.25) is 0 Å². The Morgan fingerprint density at radius 3 is 2.41 bits per heavy atom. The minimum Gasteiger partial charge on any atom is -0.496 e. The van der Waals surface area contributed by atoms with E-state index in [2.05, 4.69) is 10.6 Å². The van der Waals surface area contributed by atoms with Crippen LogP contribution >= 0.6 is 0 Å². The van der Waals surface area contributed by atoms with Crippen molar-refractivity contribution in [2.45, 2.75) is 19.4 Å². The predicted molar refractivity (Wildman–Crippen MR) is 91.5 cm³/mol. The Bertz CT molecular complexity index is 898. The molecule has 3 rings (SSSR count). The van der Waals surface area contributed by atoms with Crippen molar-refractivity contribution in [3.63, 3.8) is 0 Å². The van der Waals surface area contributed by atoms with E-state index in [9.17, 15) is 22.8 Å². The zero-order valence-corrected chi connectivity index (χ0v) is 14.4. The van der Waals surface area contributed by atoms with Crippen molar-refractivity contribution in [3.05, 3.63) is 59.4 Å². The number of carbonyl (C=O) groups excluding carboxylic acids is 2. The number of carbonyl (C=O) groups is 2. The van der Waals surface area contributed by atoms with Crippen molar-refractivity contribution < 1.29 is 27.5 Å². The van der Waals surface area contributed by atoms with Crippen LogP contribution in [0.4, 0.5) is 18.9 Å². The summed E-state index contributed by atoms with van der Waals surface area (Å²) >= 11 is 0. The van der Waals surface area contributed by atoms with E-state index in [-0.39, 0.29) is 19.4 Å². The lowest BCUT2D eigenvalue weighted by molar-refractivity contribution is -0.134. The molecule has 0 heterocycles. The van der Waals surface area contributed by atoms with Crippen molar-refractivity contribution in [1.82, 2.24) is 5.32 Å². The summed E-state index contributed by atoms with van der Waals surface area (Å²) in [5.41, 5.74) is -1.13. The van der Waals surface area contributed by atoms with Crippen LogP contribution < -0.4 is 15.4 Å². The van der Waals surface area contributed by atoms with Crippen molar-refractivity contribution in [2.24, 2.45) is 5.41 Å². The van der Waals surface area contributed by atoms with Gasteiger partial charge in [-0.2, -0.15) is 0 Å².